The minimum Gasteiger partial charge on any atom is -0.469 e. The Balaban J connectivity index is 1.66. The molecule has 1 N–H and O–H groups in total. The van der Waals surface area contributed by atoms with E-state index in [1.807, 2.05) is 60.3 Å². The summed E-state index contributed by atoms with van der Waals surface area (Å²) in [6.45, 7) is 1.97. The van der Waals surface area contributed by atoms with Crippen LogP contribution in [0.15, 0.2) is 65.7 Å². The third-order valence-electron chi connectivity index (χ3n) is 3.97. The second-order valence-corrected chi connectivity index (χ2v) is 6.88. The number of furan rings is 1. The first-order chi connectivity index (χ1) is 12.2. The van der Waals surface area contributed by atoms with Crippen molar-refractivity contribution in [1.29, 1.82) is 0 Å². The molecule has 6 heteroatoms. The molecule has 0 bridgehead atoms. The van der Waals surface area contributed by atoms with Crippen molar-refractivity contribution in [3.05, 3.63) is 71.9 Å². The molecule has 0 fully saturated rings. The topological polar surface area (TPSA) is 60.1 Å². The highest BCUT2D eigenvalue weighted by Gasteiger charge is 2.21. The number of rotatable bonds is 5. The van der Waals surface area contributed by atoms with Gasteiger partial charge in [0.2, 0.25) is 0 Å². The summed E-state index contributed by atoms with van der Waals surface area (Å²) in [5.74, 6) is 0.766. The van der Waals surface area contributed by atoms with Crippen molar-refractivity contribution in [3.8, 4) is 5.69 Å². The highest BCUT2D eigenvalue weighted by Crippen LogP contribution is 2.33. The fourth-order valence-corrected chi connectivity index (χ4v) is 3.93. The molecule has 0 unspecified atom stereocenters. The second-order valence-electron chi connectivity index (χ2n) is 5.88. The van der Waals surface area contributed by atoms with Crippen LogP contribution in [-0.2, 0) is 6.42 Å². The SMILES string of the molecule is C[C@H](Cc1ccco1)NC(=O)c1sc2ncccc2c1-n1cccc1. The molecule has 0 aliphatic rings. The van der Waals surface area contributed by atoms with Gasteiger partial charge in [-0.1, -0.05) is 0 Å². The zero-order valence-electron chi connectivity index (χ0n) is 13.7. The Morgan fingerprint density at radius 1 is 1.28 bits per heavy atom. The summed E-state index contributed by atoms with van der Waals surface area (Å²) in [5, 5.41) is 4.05. The van der Waals surface area contributed by atoms with Gasteiger partial charge >= 0.3 is 0 Å². The molecule has 4 rings (SSSR count). The first kappa shape index (κ1) is 15.7. The molecule has 4 aromatic rings. The van der Waals surface area contributed by atoms with Crippen LogP contribution in [0.4, 0.5) is 0 Å². The number of amides is 1. The van der Waals surface area contributed by atoms with Gasteiger partial charge < -0.3 is 14.3 Å². The summed E-state index contributed by atoms with van der Waals surface area (Å²) in [4.78, 5) is 18.8. The van der Waals surface area contributed by atoms with Gasteiger partial charge in [-0.2, -0.15) is 0 Å². The number of hydrogen-bond acceptors (Lipinski definition) is 4. The number of pyridine rings is 1. The molecule has 0 aliphatic heterocycles. The van der Waals surface area contributed by atoms with E-state index in [1.54, 1.807) is 12.5 Å². The van der Waals surface area contributed by atoms with Gasteiger partial charge in [0.05, 0.1) is 12.0 Å². The molecule has 0 aromatic carbocycles. The quantitative estimate of drug-likeness (QED) is 0.590. The van der Waals surface area contributed by atoms with Crippen LogP contribution >= 0.6 is 11.3 Å². The maximum atomic E-state index is 12.9. The van der Waals surface area contributed by atoms with Crippen molar-refractivity contribution >= 4 is 27.5 Å². The number of aromatic nitrogens is 2. The predicted molar refractivity (Wildman–Crippen MR) is 98.3 cm³/mol. The molecule has 4 aromatic heterocycles. The minimum absolute atomic E-state index is 0.0330. The van der Waals surface area contributed by atoms with Crippen LogP contribution in [0.5, 0.6) is 0 Å². The summed E-state index contributed by atoms with van der Waals surface area (Å²) in [5.41, 5.74) is 0.876. The van der Waals surface area contributed by atoms with Crippen molar-refractivity contribution in [2.24, 2.45) is 0 Å². The van der Waals surface area contributed by atoms with Crippen molar-refractivity contribution in [2.45, 2.75) is 19.4 Å². The Labute approximate surface area is 148 Å². The first-order valence-electron chi connectivity index (χ1n) is 8.06. The molecular weight excluding hydrogens is 334 g/mol. The lowest BCUT2D eigenvalue weighted by Crippen LogP contribution is -2.34. The van der Waals surface area contributed by atoms with E-state index in [0.29, 0.717) is 11.3 Å². The molecule has 0 saturated carbocycles. The van der Waals surface area contributed by atoms with Crippen molar-refractivity contribution in [2.75, 3.05) is 0 Å². The number of nitrogens with one attached hydrogen (secondary N) is 1. The predicted octanol–water partition coefficient (Wildman–Crippen LogP) is 4.04. The number of thiophene rings is 1. The molecule has 0 saturated heterocycles. The lowest BCUT2D eigenvalue weighted by atomic mass is 10.2. The summed E-state index contributed by atoms with van der Waals surface area (Å²) in [6, 6.07) is 11.5. The lowest BCUT2D eigenvalue weighted by molar-refractivity contribution is 0.0943. The number of fused-ring (bicyclic) bond motifs is 1. The summed E-state index contributed by atoms with van der Waals surface area (Å²) >= 11 is 1.41. The Kier molecular flexibility index (Phi) is 4.11. The van der Waals surface area contributed by atoms with E-state index >= 15 is 0 Å². The maximum Gasteiger partial charge on any atom is 0.263 e. The average molecular weight is 351 g/mol. The van der Waals surface area contributed by atoms with E-state index in [0.717, 1.165) is 21.7 Å². The van der Waals surface area contributed by atoms with E-state index in [4.69, 9.17) is 4.42 Å². The van der Waals surface area contributed by atoms with Gasteiger partial charge in [-0.05, 0) is 43.3 Å². The van der Waals surface area contributed by atoms with Crippen LogP contribution in [0.1, 0.15) is 22.4 Å². The van der Waals surface area contributed by atoms with E-state index in [1.165, 1.54) is 11.3 Å². The third-order valence-corrected chi connectivity index (χ3v) is 5.08. The monoisotopic (exact) mass is 351 g/mol. The molecule has 0 radical (unpaired) electrons. The van der Waals surface area contributed by atoms with Gasteiger partial charge in [0.1, 0.15) is 15.5 Å². The van der Waals surface area contributed by atoms with Crippen LogP contribution < -0.4 is 5.32 Å². The maximum absolute atomic E-state index is 12.9. The van der Waals surface area contributed by atoms with Gasteiger partial charge in [0.15, 0.2) is 0 Å². The zero-order chi connectivity index (χ0) is 17.2. The minimum atomic E-state index is -0.0919. The molecule has 0 spiro atoms. The molecule has 25 heavy (non-hydrogen) atoms. The molecule has 126 valence electrons. The molecule has 1 amide bonds. The Morgan fingerprint density at radius 2 is 2.12 bits per heavy atom. The molecule has 4 heterocycles. The highest BCUT2D eigenvalue weighted by atomic mass is 32.1. The van der Waals surface area contributed by atoms with Crippen LogP contribution in [0.25, 0.3) is 15.9 Å². The van der Waals surface area contributed by atoms with Crippen LogP contribution in [-0.4, -0.2) is 21.5 Å². The van der Waals surface area contributed by atoms with Gasteiger partial charge in [-0.15, -0.1) is 11.3 Å². The Bertz CT molecular complexity index is 987. The number of carbonyl (C=O) groups is 1. The average Bonchev–Trinajstić information content (AvgIpc) is 3.34. The van der Waals surface area contributed by atoms with Crippen molar-refractivity contribution < 1.29 is 9.21 Å². The van der Waals surface area contributed by atoms with Crippen LogP contribution in [0, 0.1) is 0 Å². The molecule has 5 nitrogen and oxygen atoms in total. The zero-order valence-corrected chi connectivity index (χ0v) is 14.5. The lowest BCUT2D eigenvalue weighted by Gasteiger charge is -2.13. The smallest absolute Gasteiger partial charge is 0.263 e. The number of nitrogens with zero attached hydrogens (tertiary/aromatic N) is 2. The third kappa shape index (κ3) is 3.08. The first-order valence-corrected chi connectivity index (χ1v) is 8.88. The Morgan fingerprint density at radius 3 is 2.88 bits per heavy atom. The summed E-state index contributed by atoms with van der Waals surface area (Å²) < 4.78 is 7.32. The summed E-state index contributed by atoms with van der Waals surface area (Å²) in [7, 11) is 0. The molecule has 0 aliphatic carbocycles. The normalized spacial score (nSPS) is 12.4. The van der Waals surface area contributed by atoms with Gasteiger partial charge in [0, 0.05) is 36.4 Å². The van der Waals surface area contributed by atoms with E-state index in [2.05, 4.69) is 10.3 Å². The number of hydrogen-bond donors (Lipinski definition) is 1. The van der Waals surface area contributed by atoms with E-state index in [9.17, 15) is 4.79 Å². The van der Waals surface area contributed by atoms with Crippen LogP contribution in [0.2, 0.25) is 0 Å². The largest absolute Gasteiger partial charge is 0.469 e. The standard InChI is InChI=1S/C19H17N3O2S/c1-13(12-14-6-5-11-24-14)21-18(23)17-16(22-9-2-3-10-22)15-7-4-8-20-19(15)25-17/h2-11,13H,12H2,1H3,(H,21,23)/t13-/m1/s1. The van der Waals surface area contributed by atoms with Crippen molar-refractivity contribution in [1.82, 2.24) is 14.9 Å². The number of carbonyl (C=O) groups excluding carboxylic acids is 1. The van der Waals surface area contributed by atoms with Crippen molar-refractivity contribution in [3.63, 3.8) is 0 Å². The fraction of sp³-hybridized carbons (Fsp3) is 0.158. The second kappa shape index (κ2) is 6.57. The van der Waals surface area contributed by atoms with Crippen LogP contribution in [0.3, 0.4) is 0 Å². The molecular formula is C19H17N3O2S. The molecule has 1 atom stereocenters. The van der Waals surface area contributed by atoms with Gasteiger partial charge in [-0.3, -0.25) is 4.79 Å². The highest BCUT2D eigenvalue weighted by molar-refractivity contribution is 7.21. The van der Waals surface area contributed by atoms with Gasteiger partial charge in [-0.25, -0.2) is 4.98 Å². The van der Waals surface area contributed by atoms with E-state index in [-0.39, 0.29) is 11.9 Å². The van der Waals surface area contributed by atoms with Gasteiger partial charge in [0.25, 0.3) is 5.91 Å². The fourth-order valence-electron chi connectivity index (χ4n) is 2.88. The van der Waals surface area contributed by atoms with E-state index < -0.39 is 0 Å². The Hall–Kier alpha value is -2.86. The summed E-state index contributed by atoms with van der Waals surface area (Å²) in [6.07, 6.45) is 7.93.